The first-order valence-corrected chi connectivity index (χ1v) is 5.68. The number of oxazole rings is 1. The van der Waals surface area contributed by atoms with E-state index in [9.17, 15) is 4.39 Å². The molecule has 1 N–H and O–H groups in total. The molecule has 5 heteroatoms. The Kier molecular flexibility index (Phi) is 3.82. The first-order valence-electron chi connectivity index (χ1n) is 5.68. The Morgan fingerprint density at radius 3 is 2.89 bits per heavy atom. The van der Waals surface area contributed by atoms with Crippen LogP contribution in [0.15, 0.2) is 28.8 Å². The molecule has 0 saturated carbocycles. The maximum absolute atomic E-state index is 13.2. The van der Waals surface area contributed by atoms with Gasteiger partial charge in [0.15, 0.2) is 0 Å². The van der Waals surface area contributed by atoms with Crippen LogP contribution in [0.4, 0.5) is 10.4 Å². The number of nitrogens with zero attached hydrogens (tertiary/aromatic N) is 1. The van der Waals surface area contributed by atoms with Gasteiger partial charge in [0, 0.05) is 13.5 Å². The SMILES string of the molecule is CNc1ncc(CCc2cc(F)ccc2OC)o1. The third-order valence-corrected chi connectivity index (χ3v) is 2.65. The van der Waals surface area contributed by atoms with Crippen LogP contribution in [0.3, 0.4) is 0 Å². The summed E-state index contributed by atoms with van der Waals surface area (Å²) in [5.41, 5.74) is 0.819. The summed E-state index contributed by atoms with van der Waals surface area (Å²) in [6, 6.07) is 4.98. The number of hydrogen-bond acceptors (Lipinski definition) is 4. The largest absolute Gasteiger partial charge is 0.496 e. The minimum atomic E-state index is -0.265. The van der Waals surface area contributed by atoms with Gasteiger partial charge in [0.2, 0.25) is 0 Å². The van der Waals surface area contributed by atoms with Crippen molar-refractivity contribution in [3.63, 3.8) is 0 Å². The number of benzene rings is 1. The molecule has 0 saturated heterocycles. The molecule has 0 atom stereocenters. The molecule has 0 aliphatic rings. The van der Waals surface area contributed by atoms with Crippen molar-refractivity contribution < 1.29 is 13.5 Å². The maximum atomic E-state index is 13.2. The second kappa shape index (κ2) is 5.53. The number of hydrogen-bond donors (Lipinski definition) is 1. The fraction of sp³-hybridized carbons (Fsp3) is 0.308. The number of nitrogens with one attached hydrogen (secondary N) is 1. The van der Waals surface area contributed by atoms with E-state index in [1.807, 2.05) is 0 Å². The van der Waals surface area contributed by atoms with Gasteiger partial charge in [-0.05, 0) is 30.2 Å². The summed E-state index contributed by atoms with van der Waals surface area (Å²) < 4.78 is 23.8. The van der Waals surface area contributed by atoms with Crippen LogP contribution >= 0.6 is 0 Å². The topological polar surface area (TPSA) is 47.3 Å². The maximum Gasteiger partial charge on any atom is 0.294 e. The van der Waals surface area contributed by atoms with E-state index >= 15 is 0 Å². The number of halogens is 1. The number of ether oxygens (including phenoxy) is 1. The molecule has 0 aliphatic heterocycles. The Morgan fingerprint density at radius 2 is 2.22 bits per heavy atom. The lowest BCUT2D eigenvalue weighted by molar-refractivity contribution is 0.407. The molecule has 0 amide bonds. The minimum Gasteiger partial charge on any atom is -0.496 e. The van der Waals surface area contributed by atoms with Crippen molar-refractivity contribution in [1.82, 2.24) is 4.98 Å². The number of methoxy groups -OCH3 is 1. The molecular weight excluding hydrogens is 235 g/mol. The highest BCUT2D eigenvalue weighted by Crippen LogP contribution is 2.21. The molecule has 0 unspecified atom stereocenters. The lowest BCUT2D eigenvalue weighted by Gasteiger charge is -2.07. The summed E-state index contributed by atoms with van der Waals surface area (Å²) in [7, 11) is 3.31. The summed E-state index contributed by atoms with van der Waals surface area (Å²) in [6.45, 7) is 0. The summed E-state index contributed by atoms with van der Waals surface area (Å²) in [4.78, 5) is 4.02. The van der Waals surface area contributed by atoms with E-state index in [1.165, 1.54) is 12.1 Å². The van der Waals surface area contributed by atoms with Crippen LogP contribution in [0.25, 0.3) is 0 Å². The molecule has 0 fully saturated rings. The Labute approximate surface area is 105 Å². The second-order valence-corrected chi connectivity index (χ2v) is 3.84. The van der Waals surface area contributed by atoms with Gasteiger partial charge in [0.1, 0.15) is 17.3 Å². The number of anilines is 1. The quantitative estimate of drug-likeness (QED) is 0.886. The van der Waals surface area contributed by atoms with Crippen LogP contribution in [0.1, 0.15) is 11.3 Å². The normalized spacial score (nSPS) is 10.4. The smallest absolute Gasteiger partial charge is 0.294 e. The van der Waals surface area contributed by atoms with Gasteiger partial charge in [-0.15, -0.1) is 0 Å². The van der Waals surface area contributed by atoms with Gasteiger partial charge in [0.25, 0.3) is 6.01 Å². The Bertz CT molecular complexity index is 525. The fourth-order valence-corrected chi connectivity index (χ4v) is 1.74. The molecular formula is C13H15FN2O2. The highest BCUT2D eigenvalue weighted by atomic mass is 19.1. The number of aromatic nitrogens is 1. The molecule has 0 spiro atoms. The van der Waals surface area contributed by atoms with Gasteiger partial charge >= 0.3 is 0 Å². The van der Waals surface area contributed by atoms with E-state index in [0.717, 1.165) is 11.3 Å². The van der Waals surface area contributed by atoms with E-state index in [0.29, 0.717) is 24.6 Å². The average Bonchev–Trinajstić information content (AvgIpc) is 2.84. The third-order valence-electron chi connectivity index (χ3n) is 2.65. The monoisotopic (exact) mass is 250 g/mol. The molecule has 1 aromatic carbocycles. The molecule has 18 heavy (non-hydrogen) atoms. The zero-order chi connectivity index (χ0) is 13.0. The highest BCUT2D eigenvalue weighted by molar-refractivity contribution is 5.34. The molecule has 1 aromatic heterocycles. The van der Waals surface area contributed by atoms with Gasteiger partial charge < -0.3 is 14.5 Å². The minimum absolute atomic E-state index is 0.265. The van der Waals surface area contributed by atoms with Gasteiger partial charge in [0.05, 0.1) is 13.3 Å². The predicted octanol–water partition coefficient (Wildman–Crippen LogP) is 2.65. The van der Waals surface area contributed by atoms with Crippen LogP contribution in [0.2, 0.25) is 0 Å². The standard InChI is InChI=1S/C13H15FN2O2/c1-15-13-16-8-11(18-13)5-3-9-7-10(14)4-6-12(9)17-2/h4,6-8H,3,5H2,1-2H3,(H,15,16). The van der Waals surface area contributed by atoms with Gasteiger partial charge in [-0.3, -0.25) is 0 Å². The van der Waals surface area contributed by atoms with Crippen molar-refractivity contribution in [3.8, 4) is 5.75 Å². The van der Waals surface area contributed by atoms with Crippen molar-refractivity contribution in [3.05, 3.63) is 41.5 Å². The lowest BCUT2D eigenvalue weighted by Crippen LogP contribution is -1.96. The Balaban J connectivity index is 2.07. The summed E-state index contributed by atoms with van der Waals surface area (Å²) >= 11 is 0. The van der Waals surface area contributed by atoms with Crippen molar-refractivity contribution >= 4 is 6.01 Å². The molecule has 2 rings (SSSR count). The van der Waals surface area contributed by atoms with E-state index in [4.69, 9.17) is 9.15 Å². The number of aryl methyl sites for hydroxylation is 2. The van der Waals surface area contributed by atoms with Crippen molar-refractivity contribution in [2.75, 3.05) is 19.5 Å². The Hall–Kier alpha value is -2.04. The van der Waals surface area contributed by atoms with Crippen LogP contribution in [-0.2, 0) is 12.8 Å². The van der Waals surface area contributed by atoms with Crippen LogP contribution < -0.4 is 10.1 Å². The second-order valence-electron chi connectivity index (χ2n) is 3.84. The van der Waals surface area contributed by atoms with Crippen LogP contribution in [0.5, 0.6) is 5.75 Å². The van der Waals surface area contributed by atoms with E-state index in [-0.39, 0.29) is 5.82 Å². The predicted molar refractivity (Wildman–Crippen MR) is 66.4 cm³/mol. The van der Waals surface area contributed by atoms with Crippen molar-refractivity contribution in [2.45, 2.75) is 12.8 Å². The lowest BCUT2D eigenvalue weighted by atomic mass is 10.1. The van der Waals surface area contributed by atoms with Gasteiger partial charge in [-0.2, -0.15) is 0 Å². The zero-order valence-corrected chi connectivity index (χ0v) is 10.4. The number of rotatable bonds is 5. The van der Waals surface area contributed by atoms with E-state index in [2.05, 4.69) is 10.3 Å². The Morgan fingerprint density at radius 1 is 1.39 bits per heavy atom. The first kappa shape index (κ1) is 12.4. The summed E-state index contributed by atoms with van der Waals surface area (Å²) in [6.07, 6.45) is 2.95. The van der Waals surface area contributed by atoms with E-state index < -0.39 is 0 Å². The van der Waals surface area contributed by atoms with Gasteiger partial charge in [-0.25, -0.2) is 9.37 Å². The highest BCUT2D eigenvalue weighted by Gasteiger charge is 2.07. The van der Waals surface area contributed by atoms with E-state index in [1.54, 1.807) is 26.4 Å². The molecule has 4 nitrogen and oxygen atoms in total. The third kappa shape index (κ3) is 2.80. The first-order chi connectivity index (χ1) is 8.72. The molecule has 96 valence electrons. The molecule has 1 heterocycles. The summed E-state index contributed by atoms with van der Waals surface area (Å²) in [5.74, 6) is 1.18. The molecule has 0 bridgehead atoms. The molecule has 0 radical (unpaired) electrons. The summed E-state index contributed by atoms with van der Waals surface area (Å²) in [5, 5.41) is 2.81. The zero-order valence-electron chi connectivity index (χ0n) is 10.4. The molecule has 0 aliphatic carbocycles. The van der Waals surface area contributed by atoms with Crippen LogP contribution in [-0.4, -0.2) is 19.1 Å². The van der Waals surface area contributed by atoms with Gasteiger partial charge in [-0.1, -0.05) is 0 Å². The van der Waals surface area contributed by atoms with Crippen molar-refractivity contribution in [2.24, 2.45) is 0 Å². The fourth-order valence-electron chi connectivity index (χ4n) is 1.74. The molecule has 2 aromatic rings. The van der Waals surface area contributed by atoms with Crippen molar-refractivity contribution in [1.29, 1.82) is 0 Å². The average molecular weight is 250 g/mol. The van der Waals surface area contributed by atoms with Crippen LogP contribution in [0, 0.1) is 5.82 Å².